The van der Waals surface area contributed by atoms with Crippen LogP contribution >= 0.6 is 0 Å². The van der Waals surface area contributed by atoms with Crippen LogP contribution in [0, 0.1) is 0 Å². The number of anilines is 2. The average molecular weight is 866 g/mol. The number of carbonyl (C=O) groups excluding carboxylic acids is 2. The van der Waals surface area contributed by atoms with Crippen molar-refractivity contribution in [2.24, 2.45) is 0 Å². The molecule has 0 saturated carbocycles. The summed E-state index contributed by atoms with van der Waals surface area (Å²) in [6.07, 6.45) is -4.24. The van der Waals surface area contributed by atoms with Crippen molar-refractivity contribution in [3.63, 3.8) is 0 Å². The van der Waals surface area contributed by atoms with Crippen molar-refractivity contribution in [2.45, 2.75) is 19.5 Å². The summed E-state index contributed by atoms with van der Waals surface area (Å²) in [6, 6.07) is 11.1. The molecule has 0 saturated heterocycles. The van der Waals surface area contributed by atoms with E-state index in [1.807, 2.05) is 0 Å². The first-order valence-corrected chi connectivity index (χ1v) is 20.0. The Morgan fingerprint density at radius 1 is 0.483 bits per heavy atom. The van der Waals surface area contributed by atoms with E-state index >= 15 is 0 Å². The van der Waals surface area contributed by atoms with Crippen molar-refractivity contribution in [2.75, 3.05) is 164 Å². The monoisotopic (exact) mass is 865 g/mol. The number of halogens is 3. The average Bonchev–Trinajstić information content (AvgIpc) is 3.23. The van der Waals surface area contributed by atoms with Gasteiger partial charge in [0.1, 0.15) is 6.61 Å². The Balaban J connectivity index is 1.25. The van der Waals surface area contributed by atoms with Crippen molar-refractivity contribution in [1.82, 2.24) is 0 Å². The highest BCUT2D eigenvalue weighted by molar-refractivity contribution is 5.96. The molecule has 0 aliphatic heterocycles. The zero-order chi connectivity index (χ0) is 43.2. The molecule has 0 spiro atoms. The predicted octanol–water partition coefficient (Wildman–Crippen LogP) is 4.74. The summed E-state index contributed by atoms with van der Waals surface area (Å²) in [6.45, 7) is 11.2. The second-order valence-corrected chi connectivity index (χ2v) is 12.2. The van der Waals surface area contributed by atoms with E-state index in [4.69, 9.17) is 61.6 Å². The van der Waals surface area contributed by atoms with Crippen LogP contribution in [0.1, 0.15) is 29.3 Å². The Hall–Kier alpha value is -3.47. The van der Waals surface area contributed by atoms with Crippen LogP contribution in [0.4, 0.5) is 24.5 Å². The van der Waals surface area contributed by atoms with Gasteiger partial charge in [-0.2, -0.15) is 13.2 Å². The molecule has 0 bridgehead atoms. The number of nitrogens with one attached hydrogen (secondary N) is 1. The Bertz CT molecular complexity index is 1360. The molecule has 0 atom stereocenters. The Morgan fingerprint density at radius 2 is 0.867 bits per heavy atom. The first-order chi connectivity index (χ1) is 29.3. The number of alkyl halides is 3. The van der Waals surface area contributed by atoms with E-state index in [0.29, 0.717) is 151 Å². The fourth-order valence-corrected chi connectivity index (χ4v) is 4.66. The second-order valence-electron chi connectivity index (χ2n) is 12.2. The minimum Gasteiger partial charge on any atom is -0.466 e. The maximum absolute atomic E-state index is 13.1. The molecule has 0 aliphatic rings. The van der Waals surface area contributed by atoms with Gasteiger partial charge in [0.2, 0.25) is 0 Å². The molecular formula is C41H62F3NO15. The highest BCUT2D eigenvalue weighted by atomic mass is 19.4. The first kappa shape index (κ1) is 52.7. The largest absolute Gasteiger partial charge is 0.466 e. The van der Waals surface area contributed by atoms with E-state index in [-0.39, 0.29) is 36.9 Å². The predicted molar refractivity (Wildman–Crippen MR) is 212 cm³/mol. The summed E-state index contributed by atoms with van der Waals surface area (Å²) in [7, 11) is 0. The van der Waals surface area contributed by atoms with Crippen LogP contribution in [0.15, 0.2) is 48.5 Å². The third-order valence-corrected chi connectivity index (χ3v) is 7.55. The van der Waals surface area contributed by atoms with Gasteiger partial charge < -0.3 is 66.9 Å². The maximum atomic E-state index is 13.1. The van der Waals surface area contributed by atoms with Crippen LogP contribution in [-0.4, -0.2) is 171 Å². The summed E-state index contributed by atoms with van der Waals surface area (Å²) in [5.74, 6) is -0.898. The highest BCUT2D eigenvalue weighted by Crippen LogP contribution is 2.32. The molecule has 0 amide bonds. The molecule has 2 rings (SSSR count). The van der Waals surface area contributed by atoms with Gasteiger partial charge in [-0.1, -0.05) is 18.2 Å². The number of para-hydroxylation sites is 1. The fraction of sp³-hybridized carbons (Fsp3) is 0.659. The van der Waals surface area contributed by atoms with Gasteiger partial charge in [-0.15, -0.1) is 0 Å². The molecule has 60 heavy (non-hydrogen) atoms. The molecule has 0 aliphatic carbocycles. The van der Waals surface area contributed by atoms with Crippen LogP contribution in [0.25, 0.3) is 0 Å². The van der Waals surface area contributed by atoms with Crippen molar-refractivity contribution in [1.29, 1.82) is 0 Å². The van der Waals surface area contributed by atoms with Gasteiger partial charge in [-0.25, -0.2) is 4.79 Å². The van der Waals surface area contributed by atoms with E-state index in [0.717, 1.165) is 12.1 Å². The topological polar surface area (TPSA) is 166 Å². The summed E-state index contributed by atoms with van der Waals surface area (Å²) < 4.78 is 109. The second kappa shape index (κ2) is 36.2. The Kier molecular flexibility index (Phi) is 31.8. The maximum Gasteiger partial charge on any atom is 0.416 e. The number of rotatable bonds is 40. The minimum absolute atomic E-state index is 0.00819. The quantitative estimate of drug-likeness (QED) is 0.0721. The van der Waals surface area contributed by atoms with Gasteiger partial charge in [0.15, 0.2) is 0 Å². The molecule has 16 nitrogen and oxygen atoms in total. The first-order valence-electron chi connectivity index (χ1n) is 20.0. The highest BCUT2D eigenvalue weighted by Gasteiger charge is 2.30. The molecule has 1 N–H and O–H groups in total. The van der Waals surface area contributed by atoms with Crippen molar-refractivity contribution in [3.8, 4) is 0 Å². The van der Waals surface area contributed by atoms with E-state index in [1.165, 1.54) is 18.2 Å². The van der Waals surface area contributed by atoms with Crippen LogP contribution in [-0.2, 0) is 72.6 Å². The van der Waals surface area contributed by atoms with Gasteiger partial charge in [0.25, 0.3) is 0 Å². The number of ether oxygens (including phenoxy) is 13. The van der Waals surface area contributed by atoms with E-state index in [2.05, 4.69) is 5.32 Å². The van der Waals surface area contributed by atoms with Crippen molar-refractivity contribution >= 4 is 23.3 Å². The summed E-state index contributed by atoms with van der Waals surface area (Å²) >= 11 is 0. The standard InChI is InChI=1S/C41H62F3NO15/c1-2-59-39(46)10-11-48-12-13-49-14-15-50-16-17-51-18-19-52-20-21-53-22-23-54-24-25-55-26-27-56-28-29-57-30-31-58-32-33-60-40(47)37-8-3-4-9-38(37)45-36-7-5-6-35(34-36)41(42,43)44/h3-9,34,45H,2,10-33H2,1H3. The lowest BCUT2D eigenvalue weighted by Crippen LogP contribution is -2.16. The normalized spacial score (nSPS) is 11.5. The van der Waals surface area contributed by atoms with Gasteiger partial charge in [0, 0.05) is 5.69 Å². The SMILES string of the molecule is CCOC(=O)CCOCCOCCOCCOCCOCCOCCOCCOCCOCCOCCOCCOC(=O)c1ccccc1Nc1cccc(C(F)(F)F)c1. The number of hydrogen-bond donors (Lipinski definition) is 1. The molecular weight excluding hydrogens is 803 g/mol. The smallest absolute Gasteiger partial charge is 0.416 e. The van der Waals surface area contributed by atoms with Gasteiger partial charge >= 0.3 is 18.1 Å². The molecule has 0 heterocycles. The van der Waals surface area contributed by atoms with Gasteiger partial charge in [0.05, 0.1) is 175 Å². The zero-order valence-corrected chi connectivity index (χ0v) is 34.6. The summed E-state index contributed by atoms with van der Waals surface area (Å²) in [4.78, 5) is 23.8. The lowest BCUT2D eigenvalue weighted by molar-refractivity contribution is -0.144. The van der Waals surface area contributed by atoms with E-state index < -0.39 is 17.7 Å². The summed E-state index contributed by atoms with van der Waals surface area (Å²) in [5, 5.41) is 2.86. The molecule has 2 aromatic rings. The molecule has 19 heteroatoms. The molecule has 0 fully saturated rings. The van der Waals surface area contributed by atoms with Crippen molar-refractivity contribution in [3.05, 3.63) is 59.7 Å². The Labute approximate surface area is 350 Å². The lowest BCUT2D eigenvalue weighted by Gasteiger charge is -2.13. The molecule has 0 aromatic heterocycles. The van der Waals surface area contributed by atoms with E-state index in [9.17, 15) is 22.8 Å². The molecule has 0 unspecified atom stereocenters. The van der Waals surface area contributed by atoms with Crippen LogP contribution in [0.3, 0.4) is 0 Å². The molecule has 0 radical (unpaired) electrons. The van der Waals surface area contributed by atoms with Gasteiger partial charge in [-0.05, 0) is 37.3 Å². The van der Waals surface area contributed by atoms with Crippen molar-refractivity contribution < 1.29 is 84.3 Å². The van der Waals surface area contributed by atoms with Crippen LogP contribution < -0.4 is 5.32 Å². The molecule has 342 valence electrons. The summed E-state index contributed by atoms with van der Waals surface area (Å²) in [5.41, 5.74) is -0.108. The number of carbonyl (C=O) groups is 2. The number of esters is 2. The fourth-order valence-electron chi connectivity index (χ4n) is 4.66. The van der Waals surface area contributed by atoms with Gasteiger partial charge in [-0.3, -0.25) is 4.79 Å². The minimum atomic E-state index is -4.48. The molecule has 2 aromatic carbocycles. The van der Waals surface area contributed by atoms with Crippen LogP contribution in [0.5, 0.6) is 0 Å². The number of hydrogen-bond acceptors (Lipinski definition) is 16. The lowest BCUT2D eigenvalue weighted by atomic mass is 10.1. The van der Waals surface area contributed by atoms with E-state index in [1.54, 1.807) is 25.1 Å². The third kappa shape index (κ3) is 28.9. The van der Waals surface area contributed by atoms with Crippen LogP contribution in [0.2, 0.25) is 0 Å². The zero-order valence-electron chi connectivity index (χ0n) is 34.6. The Morgan fingerprint density at radius 3 is 1.27 bits per heavy atom. The number of benzene rings is 2. The third-order valence-electron chi connectivity index (χ3n) is 7.55.